The van der Waals surface area contributed by atoms with Gasteiger partial charge in [-0.25, -0.2) is 4.57 Å². The monoisotopic (exact) mass is 554 g/mol. The molecule has 160 valence electrons. The van der Waals surface area contributed by atoms with Gasteiger partial charge >= 0.3 is 18.3 Å². The van der Waals surface area contributed by atoms with Gasteiger partial charge in [-0.15, -0.1) is 0 Å². The van der Waals surface area contributed by atoms with Crippen LogP contribution < -0.4 is 9.05 Å². The molecule has 1 aliphatic rings. The van der Waals surface area contributed by atoms with Crippen LogP contribution in [-0.4, -0.2) is 13.6 Å². The smallest absolute Gasteiger partial charge is 0.397 e. The SMILES string of the molecule is O=[N+]([O-])c1cc(Cl)cc2c1OP(=O)(Cl)Oc1c(cc(Cl)cc1[N+](=O)[O-])C2C(Cl)(Cl)Cl. The molecule has 0 aromatic heterocycles. The maximum absolute atomic E-state index is 12.7. The van der Waals surface area contributed by atoms with E-state index in [1.165, 1.54) is 0 Å². The van der Waals surface area contributed by atoms with E-state index in [1.807, 2.05) is 0 Å². The third-order valence-electron chi connectivity index (χ3n) is 3.87. The predicted molar refractivity (Wildman–Crippen MR) is 113 cm³/mol. The normalized spacial score (nSPS) is 20.7. The Labute approximate surface area is 197 Å². The fraction of sp³-hybridized carbons (Fsp3) is 0.143. The number of halogens is 6. The average molecular weight is 557 g/mol. The van der Waals surface area contributed by atoms with E-state index in [2.05, 4.69) is 0 Å². The lowest BCUT2D eigenvalue weighted by Gasteiger charge is -2.31. The molecular weight excluding hydrogens is 552 g/mol. The van der Waals surface area contributed by atoms with Gasteiger partial charge in [-0.3, -0.25) is 20.2 Å². The third-order valence-corrected chi connectivity index (χ3v) is 6.18. The van der Waals surface area contributed by atoms with Gasteiger partial charge in [-0.2, -0.15) is 0 Å². The largest absolute Gasteiger partial charge is 0.530 e. The zero-order valence-electron chi connectivity index (χ0n) is 13.9. The number of nitro groups is 2. The topological polar surface area (TPSA) is 122 Å². The molecule has 0 atom stereocenters. The number of hydrogen-bond acceptors (Lipinski definition) is 7. The molecule has 1 heterocycles. The summed E-state index contributed by atoms with van der Waals surface area (Å²) in [6.45, 7) is -4.72. The molecule has 2 aromatic carbocycles. The number of fused-ring (bicyclic) bond motifs is 2. The van der Waals surface area contributed by atoms with Crippen LogP contribution in [0.1, 0.15) is 17.0 Å². The lowest BCUT2D eigenvalue weighted by Crippen LogP contribution is -2.22. The van der Waals surface area contributed by atoms with Crippen LogP contribution in [0.2, 0.25) is 10.0 Å². The standard InChI is InChI=1S/C14H5Cl6N2O7P/c15-5-1-7-11(14(17,18)19)8-2-6(16)4-10(22(25)26)13(8)29-30(20,27)28-12(7)9(3-5)21(23)24/h1-4,11H. The molecule has 16 heteroatoms. The van der Waals surface area contributed by atoms with Crippen molar-refractivity contribution in [2.75, 3.05) is 0 Å². The summed E-state index contributed by atoms with van der Waals surface area (Å²) in [5.74, 6) is -2.78. The minimum atomic E-state index is -4.72. The molecule has 1 aliphatic heterocycles. The van der Waals surface area contributed by atoms with Gasteiger partial charge in [0.15, 0.2) is 0 Å². The van der Waals surface area contributed by atoms with Crippen LogP contribution in [-0.2, 0) is 4.57 Å². The van der Waals surface area contributed by atoms with Crippen LogP contribution in [0.4, 0.5) is 11.4 Å². The molecule has 0 bridgehead atoms. The van der Waals surface area contributed by atoms with Gasteiger partial charge in [-0.05, 0) is 12.1 Å². The van der Waals surface area contributed by atoms with E-state index in [0.717, 1.165) is 24.3 Å². The van der Waals surface area contributed by atoms with Gasteiger partial charge in [0, 0.05) is 44.5 Å². The molecule has 0 saturated carbocycles. The molecule has 3 rings (SSSR count). The molecule has 0 saturated heterocycles. The summed E-state index contributed by atoms with van der Waals surface area (Å²) >= 11 is 36.2. The van der Waals surface area contributed by atoms with Crippen molar-refractivity contribution < 1.29 is 23.5 Å². The second-order valence-electron chi connectivity index (χ2n) is 5.79. The van der Waals surface area contributed by atoms with Crippen molar-refractivity contribution in [3.63, 3.8) is 0 Å². The van der Waals surface area contributed by atoms with E-state index in [4.69, 9.17) is 78.3 Å². The Morgan fingerprint density at radius 1 is 0.867 bits per heavy atom. The average Bonchev–Trinajstić information content (AvgIpc) is 2.56. The van der Waals surface area contributed by atoms with Gasteiger partial charge in [0.05, 0.1) is 15.8 Å². The molecular formula is C14H5Cl6N2O7P. The quantitative estimate of drug-likeness (QED) is 0.163. The number of hydrogen-bond donors (Lipinski definition) is 0. The number of alkyl halides is 3. The Morgan fingerprint density at radius 3 is 1.53 bits per heavy atom. The van der Waals surface area contributed by atoms with E-state index in [1.54, 1.807) is 0 Å². The Balaban J connectivity index is 2.53. The van der Waals surface area contributed by atoms with Crippen molar-refractivity contribution >= 4 is 87.6 Å². The summed E-state index contributed by atoms with van der Waals surface area (Å²) in [7, 11) is 0. The fourth-order valence-corrected chi connectivity index (χ4v) is 5.29. The van der Waals surface area contributed by atoms with E-state index in [-0.39, 0.29) is 21.2 Å². The van der Waals surface area contributed by atoms with Crippen LogP contribution in [0.15, 0.2) is 24.3 Å². The third kappa shape index (κ3) is 4.53. The zero-order chi connectivity index (χ0) is 22.6. The second-order valence-corrected chi connectivity index (χ2v) is 11.5. The predicted octanol–water partition coefficient (Wildman–Crippen LogP) is 7.43. The van der Waals surface area contributed by atoms with Gasteiger partial charge in [0.25, 0.3) is 0 Å². The Morgan fingerprint density at radius 2 is 1.23 bits per heavy atom. The van der Waals surface area contributed by atoms with Crippen molar-refractivity contribution in [1.29, 1.82) is 0 Å². The van der Waals surface area contributed by atoms with Gasteiger partial charge in [-0.1, -0.05) is 58.0 Å². The van der Waals surface area contributed by atoms with Crippen LogP contribution in [0.3, 0.4) is 0 Å². The molecule has 0 unspecified atom stereocenters. The fourth-order valence-electron chi connectivity index (χ4n) is 2.86. The van der Waals surface area contributed by atoms with Gasteiger partial charge in [0.1, 0.15) is 0 Å². The molecule has 30 heavy (non-hydrogen) atoms. The van der Waals surface area contributed by atoms with Crippen molar-refractivity contribution in [3.05, 3.63) is 65.7 Å². The minimum absolute atomic E-state index is 0.160. The summed E-state index contributed by atoms with van der Waals surface area (Å²) < 4.78 is 20.6. The zero-order valence-corrected chi connectivity index (χ0v) is 19.3. The number of rotatable bonds is 2. The van der Waals surface area contributed by atoms with E-state index in [9.17, 15) is 24.8 Å². The maximum atomic E-state index is 12.7. The molecule has 0 radical (unpaired) electrons. The minimum Gasteiger partial charge on any atom is -0.397 e. The lowest BCUT2D eigenvalue weighted by atomic mass is 9.90. The van der Waals surface area contributed by atoms with Crippen LogP contribution >= 0.6 is 76.2 Å². The first-order chi connectivity index (χ1) is 13.7. The first-order valence-electron chi connectivity index (χ1n) is 7.42. The van der Waals surface area contributed by atoms with Crippen LogP contribution in [0, 0.1) is 20.2 Å². The Bertz CT molecular complexity index is 1060. The highest BCUT2D eigenvalue weighted by Crippen LogP contribution is 2.64. The van der Waals surface area contributed by atoms with E-state index in [0.29, 0.717) is 0 Å². The summed E-state index contributed by atoms with van der Waals surface area (Å²) in [4.78, 5) is 21.3. The first kappa shape index (κ1) is 23.5. The summed E-state index contributed by atoms with van der Waals surface area (Å²) in [6.07, 6.45) is 0. The van der Waals surface area contributed by atoms with Gasteiger partial charge < -0.3 is 9.05 Å². The van der Waals surface area contributed by atoms with Crippen LogP contribution in [0.25, 0.3) is 0 Å². The molecule has 0 aliphatic carbocycles. The number of benzene rings is 2. The lowest BCUT2D eigenvalue weighted by molar-refractivity contribution is -0.385. The number of nitrogens with zero attached hydrogens (tertiary/aromatic N) is 2. The van der Waals surface area contributed by atoms with Gasteiger partial charge in [0.2, 0.25) is 15.3 Å². The van der Waals surface area contributed by atoms with E-state index >= 15 is 0 Å². The Kier molecular flexibility index (Phi) is 6.30. The van der Waals surface area contributed by atoms with E-state index < -0.39 is 49.4 Å². The molecule has 2 aromatic rings. The van der Waals surface area contributed by atoms with Crippen LogP contribution in [0.5, 0.6) is 11.5 Å². The van der Waals surface area contributed by atoms with Crippen molar-refractivity contribution in [3.8, 4) is 11.5 Å². The highest BCUT2D eigenvalue weighted by molar-refractivity contribution is 7.82. The molecule has 9 nitrogen and oxygen atoms in total. The molecule has 0 amide bonds. The van der Waals surface area contributed by atoms with Crippen molar-refractivity contribution in [2.24, 2.45) is 0 Å². The van der Waals surface area contributed by atoms with Crippen molar-refractivity contribution in [2.45, 2.75) is 9.71 Å². The highest BCUT2D eigenvalue weighted by atomic mass is 35.7. The molecule has 0 fully saturated rings. The number of nitro benzene ring substituents is 2. The maximum Gasteiger partial charge on any atom is 0.530 e. The second kappa shape index (κ2) is 8.06. The highest BCUT2D eigenvalue weighted by Gasteiger charge is 2.47. The summed E-state index contributed by atoms with van der Waals surface area (Å²) in [5.41, 5.74) is -1.95. The Hall–Kier alpha value is -1.19. The van der Waals surface area contributed by atoms with Crippen molar-refractivity contribution in [1.82, 2.24) is 0 Å². The summed E-state index contributed by atoms with van der Waals surface area (Å²) in [6, 6.07) is 4.09. The molecule has 0 N–H and O–H groups in total. The molecule has 0 spiro atoms. The first-order valence-corrected chi connectivity index (χ1v) is 11.8. The summed E-state index contributed by atoms with van der Waals surface area (Å²) in [5, 5.41) is 22.7.